The van der Waals surface area contributed by atoms with E-state index in [9.17, 15) is 9.18 Å². The summed E-state index contributed by atoms with van der Waals surface area (Å²) < 4.78 is 24.4. The average Bonchev–Trinajstić information content (AvgIpc) is 3.42. The van der Waals surface area contributed by atoms with Crippen LogP contribution < -0.4 is 15.8 Å². The van der Waals surface area contributed by atoms with Gasteiger partial charge in [0.05, 0.1) is 30.2 Å². The molecule has 8 rings (SSSR count). The number of likely N-dealkylation sites (tertiary alicyclic amines) is 1. The second kappa shape index (κ2) is 9.77. The number of piperidine rings is 1. The Morgan fingerprint density at radius 2 is 2.00 bits per heavy atom. The maximum absolute atomic E-state index is 14.3. The van der Waals surface area contributed by atoms with Gasteiger partial charge in [-0.05, 0) is 73.9 Å². The molecular formula is C32H33FN8O2. The fraction of sp³-hybridized carbons (Fsp3) is 0.375. The van der Waals surface area contributed by atoms with Crippen molar-refractivity contribution in [2.75, 3.05) is 19.0 Å². The third-order valence-corrected chi connectivity index (χ3v) is 9.46. The zero-order valence-electron chi connectivity index (χ0n) is 24.1. The number of halogens is 1. The molecular weight excluding hydrogens is 547 g/mol. The van der Waals surface area contributed by atoms with E-state index in [0.29, 0.717) is 46.7 Å². The Labute approximate surface area is 247 Å². The number of nitrogens with two attached hydrogens (primary N) is 1. The van der Waals surface area contributed by atoms with Gasteiger partial charge in [0, 0.05) is 49.4 Å². The molecule has 1 saturated heterocycles. The lowest BCUT2D eigenvalue weighted by molar-refractivity contribution is 0.0700. The molecule has 3 N–H and O–H groups in total. The average molecular weight is 581 g/mol. The Morgan fingerprint density at radius 3 is 2.72 bits per heavy atom. The zero-order valence-corrected chi connectivity index (χ0v) is 24.1. The number of carbonyl (C=O) groups is 1. The molecule has 5 heterocycles. The van der Waals surface area contributed by atoms with Crippen molar-refractivity contribution in [2.45, 2.75) is 44.3 Å². The first-order chi connectivity index (χ1) is 20.9. The zero-order chi connectivity index (χ0) is 29.4. The minimum absolute atomic E-state index is 0.0206. The first-order valence-corrected chi connectivity index (χ1v) is 14.9. The largest absolute Gasteiger partial charge is 0.494 e. The molecule has 3 atom stereocenters. The van der Waals surface area contributed by atoms with Gasteiger partial charge in [0.15, 0.2) is 11.6 Å². The predicted octanol–water partition coefficient (Wildman–Crippen LogP) is 4.85. The Hall–Kier alpha value is -4.51. The third-order valence-electron chi connectivity index (χ3n) is 9.46. The monoisotopic (exact) mass is 580 g/mol. The van der Waals surface area contributed by atoms with Crippen molar-refractivity contribution in [1.82, 2.24) is 29.0 Å². The molecule has 3 fully saturated rings. The van der Waals surface area contributed by atoms with E-state index in [1.54, 1.807) is 19.4 Å². The van der Waals surface area contributed by atoms with E-state index in [0.717, 1.165) is 47.5 Å². The topological polar surface area (TPSA) is 116 Å². The molecule has 3 aliphatic rings. The maximum atomic E-state index is 14.3. The molecule has 2 saturated carbocycles. The molecule has 1 aromatic carbocycles. The minimum Gasteiger partial charge on any atom is -0.494 e. The highest BCUT2D eigenvalue weighted by atomic mass is 19.1. The summed E-state index contributed by atoms with van der Waals surface area (Å²) in [5.41, 5.74) is 10.5. The molecule has 2 aliphatic carbocycles. The summed E-state index contributed by atoms with van der Waals surface area (Å²) in [6.07, 6.45) is 7.10. The molecule has 0 radical (unpaired) electrons. The van der Waals surface area contributed by atoms with Crippen LogP contribution in [0.4, 0.5) is 15.9 Å². The lowest BCUT2D eigenvalue weighted by atomic mass is 10.1. The van der Waals surface area contributed by atoms with Crippen molar-refractivity contribution in [3.8, 4) is 17.3 Å². The number of anilines is 2. The normalized spacial score (nSPS) is 21.3. The predicted molar refractivity (Wildman–Crippen MR) is 162 cm³/mol. The summed E-state index contributed by atoms with van der Waals surface area (Å²) in [5.74, 6) is 2.39. The quantitative estimate of drug-likeness (QED) is 0.283. The van der Waals surface area contributed by atoms with Gasteiger partial charge in [-0.3, -0.25) is 9.78 Å². The van der Waals surface area contributed by atoms with Crippen molar-refractivity contribution in [3.05, 3.63) is 60.2 Å². The van der Waals surface area contributed by atoms with E-state index < -0.39 is 5.82 Å². The van der Waals surface area contributed by atoms with Crippen LogP contribution in [0.25, 0.3) is 33.6 Å². The summed E-state index contributed by atoms with van der Waals surface area (Å²) in [6, 6.07) is 11.4. The van der Waals surface area contributed by atoms with Crippen LogP contribution in [0.5, 0.6) is 5.75 Å². The van der Waals surface area contributed by atoms with Crippen molar-refractivity contribution in [2.24, 2.45) is 24.6 Å². The standard InChI is InChI=1S/C32H33FN8O2/c1-39-29-23(11-20(13-26(29)43-2)32(42)41-16-19-5-7-24(41)28(19)34)37-31(39)25-12-18-6-8-27(36-22-9-10-35-14-21(22)33)38-30(18)40(25)15-17-3-4-17/h6,8-14,17,19,24,28H,3-5,7,15-16,34H2,1-2H3,(H,35,36,38)/t19?,24?,28-/m1/s1. The van der Waals surface area contributed by atoms with Gasteiger partial charge in [0.2, 0.25) is 0 Å². The smallest absolute Gasteiger partial charge is 0.254 e. The molecule has 4 aromatic heterocycles. The van der Waals surface area contributed by atoms with Crippen molar-refractivity contribution < 1.29 is 13.9 Å². The van der Waals surface area contributed by atoms with Gasteiger partial charge < -0.3 is 29.8 Å². The van der Waals surface area contributed by atoms with Gasteiger partial charge in [-0.2, -0.15) is 0 Å². The molecule has 1 aliphatic heterocycles. The number of hydrogen-bond donors (Lipinski definition) is 2. The number of ether oxygens (including phenoxy) is 1. The number of nitrogens with zero attached hydrogens (tertiary/aromatic N) is 6. The van der Waals surface area contributed by atoms with Gasteiger partial charge in [0.1, 0.15) is 22.7 Å². The number of hydrogen-bond acceptors (Lipinski definition) is 7. The number of aryl methyl sites for hydroxylation is 1. The molecule has 1 amide bonds. The summed E-state index contributed by atoms with van der Waals surface area (Å²) >= 11 is 0. The fourth-order valence-electron chi connectivity index (χ4n) is 7.01. The van der Waals surface area contributed by atoms with Gasteiger partial charge in [-0.25, -0.2) is 14.4 Å². The number of aromatic nitrogens is 5. The van der Waals surface area contributed by atoms with Crippen LogP contribution in [-0.2, 0) is 13.6 Å². The van der Waals surface area contributed by atoms with Crippen LogP contribution in [0.3, 0.4) is 0 Å². The maximum Gasteiger partial charge on any atom is 0.254 e. The molecule has 11 heteroatoms. The third kappa shape index (κ3) is 4.24. The number of nitrogens with one attached hydrogen (secondary N) is 1. The molecule has 2 bridgehead atoms. The molecule has 2 unspecified atom stereocenters. The van der Waals surface area contributed by atoms with Crippen LogP contribution in [-0.4, -0.2) is 60.6 Å². The number of carbonyl (C=O) groups excluding carboxylic acids is 1. The molecule has 0 spiro atoms. The van der Waals surface area contributed by atoms with E-state index in [1.807, 2.05) is 40.8 Å². The number of pyridine rings is 2. The second-order valence-electron chi connectivity index (χ2n) is 12.2. The number of rotatable bonds is 7. The Balaban J connectivity index is 1.21. The van der Waals surface area contributed by atoms with Gasteiger partial charge in [0.25, 0.3) is 5.91 Å². The minimum atomic E-state index is -0.440. The van der Waals surface area contributed by atoms with Gasteiger partial charge in [-0.1, -0.05) is 0 Å². The highest BCUT2D eigenvalue weighted by Gasteiger charge is 2.47. The van der Waals surface area contributed by atoms with Crippen LogP contribution in [0, 0.1) is 17.7 Å². The highest BCUT2D eigenvalue weighted by molar-refractivity contribution is 6.00. The Kier molecular flexibility index (Phi) is 5.94. The van der Waals surface area contributed by atoms with Crippen LogP contribution in [0.2, 0.25) is 0 Å². The molecule has 5 aromatic rings. The number of amides is 1. The van der Waals surface area contributed by atoms with E-state index >= 15 is 0 Å². The van der Waals surface area contributed by atoms with Crippen LogP contribution in [0.15, 0.2) is 48.8 Å². The van der Waals surface area contributed by atoms with Crippen molar-refractivity contribution in [1.29, 1.82) is 0 Å². The number of imidazole rings is 1. The summed E-state index contributed by atoms with van der Waals surface area (Å²) in [6.45, 7) is 1.51. The van der Waals surface area contributed by atoms with E-state index in [1.165, 1.54) is 19.0 Å². The summed E-state index contributed by atoms with van der Waals surface area (Å²) in [7, 11) is 3.59. The first-order valence-electron chi connectivity index (χ1n) is 14.9. The molecule has 10 nitrogen and oxygen atoms in total. The van der Waals surface area contributed by atoms with Crippen LogP contribution in [0.1, 0.15) is 36.0 Å². The van der Waals surface area contributed by atoms with Gasteiger partial charge >= 0.3 is 0 Å². The van der Waals surface area contributed by atoms with E-state index in [2.05, 4.69) is 20.9 Å². The fourth-order valence-corrected chi connectivity index (χ4v) is 7.01. The Bertz CT molecular complexity index is 1910. The van der Waals surface area contributed by atoms with E-state index in [4.69, 9.17) is 20.4 Å². The lowest BCUT2D eigenvalue weighted by Crippen LogP contribution is -2.41. The first kappa shape index (κ1) is 26.1. The van der Waals surface area contributed by atoms with Crippen molar-refractivity contribution in [3.63, 3.8) is 0 Å². The molecule has 43 heavy (non-hydrogen) atoms. The number of fused-ring (bicyclic) bond motifs is 4. The number of benzene rings is 1. The lowest BCUT2D eigenvalue weighted by Gasteiger charge is -2.27. The van der Waals surface area contributed by atoms with Crippen molar-refractivity contribution >= 4 is 39.5 Å². The van der Waals surface area contributed by atoms with Gasteiger partial charge in [-0.15, -0.1) is 0 Å². The van der Waals surface area contributed by atoms with E-state index in [-0.39, 0.29) is 18.0 Å². The second-order valence-corrected chi connectivity index (χ2v) is 12.2. The molecule has 220 valence electrons. The summed E-state index contributed by atoms with van der Waals surface area (Å²) in [5, 5.41) is 4.05. The highest BCUT2D eigenvalue weighted by Crippen LogP contribution is 2.40. The Morgan fingerprint density at radius 1 is 1.14 bits per heavy atom. The SMILES string of the molecule is COc1cc(C(=O)N2CC3CCC2[C@@H]3N)cc2nc(-c3cc4ccc(Nc5ccncc5F)nc4n3CC3CC3)n(C)c12. The number of methoxy groups -OCH3 is 1. The summed E-state index contributed by atoms with van der Waals surface area (Å²) in [4.78, 5) is 29.4. The van der Waals surface area contributed by atoms with Crippen LogP contribution >= 0.6 is 0 Å².